The second-order valence-electron chi connectivity index (χ2n) is 14.2. The van der Waals surface area contributed by atoms with Crippen molar-refractivity contribution in [1.29, 1.82) is 0 Å². The van der Waals surface area contributed by atoms with E-state index in [9.17, 15) is 0 Å². The Morgan fingerprint density at radius 1 is 0.761 bits per heavy atom. The molecule has 0 radical (unpaired) electrons. The summed E-state index contributed by atoms with van der Waals surface area (Å²) >= 11 is 8.36. The van der Waals surface area contributed by atoms with Crippen LogP contribution in [0.2, 0.25) is 10.0 Å². The molecule has 0 fully saturated rings. The molecule has 0 heterocycles. The van der Waals surface area contributed by atoms with Gasteiger partial charge in [-0.05, 0) is 0 Å². The Bertz CT molecular complexity index is 1810. The van der Waals surface area contributed by atoms with E-state index in [0.717, 1.165) is 37.6 Å². The summed E-state index contributed by atoms with van der Waals surface area (Å²) in [7, 11) is 0. The van der Waals surface area contributed by atoms with Crippen LogP contribution in [-0.2, 0) is 39.4 Å². The van der Waals surface area contributed by atoms with Crippen molar-refractivity contribution < 1.29 is 18.3 Å². The third-order valence-electron chi connectivity index (χ3n) is 10.8. The van der Waals surface area contributed by atoms with Gasteiger partial charge in [-0.25, -0.2) is 0 Å². The summed E-state index contributed by atoms with van der Waals surface area (Å²) in [5.74, 6) is 1.16. The van der Waals surface area contributed by atoms with Crippen molar-refractivity contribution >= 4 is 55.5 Å². The van der Waals surface area contributed by atoms with Crippen molar-refractivity contribution in [1.82, 2.24) is 0 Å². The fourth-order valence-electron chi connectivity index (χ4n) is 7.92. The molecule has 0 N–H and O–H groups in total. The Hall–Kier alpha value is -1.73. The van der Waals surface area contributed by atoms with Crippen molar-refractivity contribution in [3.8, 4) is 11.1 Å². The Morgan fingerprint density at radius 3 is 1.85 bits per heavy atom. The quantitative estimate of drug-likeness (QED) is 0.140. The average Bonchev–Trinajstić information content (AvgIpc) is 3.65. The maximum atomic E-state index is 6.44. The molecule has 0 nitrogen and oxygen atoms in total. The van der Waals surface area contributed by atoms with Crippen molar-refractivity contribution in [2.75, 3.05) is 0 Å². The molecule has 4 aromatic rings. The Kier molecular flexibility index (Phi) is 11.6. The SMILES string of the molecule is Cl.Cl.[CH2]=[Zr]([CH2]c1ccc(Cl)cc1)([CH2]c1ccc(Cl)cc1)([C]1=CC=CC1)[c]1c(CC(C)C(C)C)ccc2c1Cc1cc(C)c(C)cc1-2. The number of fused-ring (bicyclic) bond motifs is 3. The Morgan fingerprint density at radius 2 is 1.33 bits per heavy atom. The summed E-state index contributed by atoms with van der Waals surface area (Å²) in [6.07, 6.45) is 10.1. The van der Waals surface area contributed by atoms with Crippen molar-refractivity contribution in [3.63, 3.8) is 0 Å². The summed E-state index contributed by atoms with van der Waals surface area (Å²) in [4.78, 5) is 0. The van der Waals surface area contributed by atoms with E-state index in [4.69, 9.17) is 27.4 Å². The molecule has 0 spiro atoms. The third-order valence-corrected chi connectivity index (χ3v) is 27.3. The van der Waals surface area contributed by atoms with E-state index in [2.05, 4.69) is 126 Å². The van der Waals surface area contributed by atoms with Gasteiger partial charge in [-0.15, -0.1) is 24.8 Å². The zero-order chi connectivity index (χ0) is 31.2. The molecule has 0 aliphatic heterocycles. The fourth-order valence-corrected chi connectivity index (χ4v) is 25.2. The van der Waals surface area contributed by atoms with Gasteiger partial charge in [0.25, 0.3) is 0 Å². The van der Waals surface area contributed by atoms with Gasteiger partial charge in [0.1, 0.15) is 0 Å². The van der Waals surface area contributed by atoms with Gasteiger partial charge in [0, 0.05) is 0 Å². The zero-order valence-corrected chi connectivity index (χ0v) is 33.2. The van der Waals surface area contributed by atoms with Crippen LogP contribution >= 0.6 is 48.0 Å². The maximum absolute atomic E-state index is 6.44. The molecule has 5 heteroatoms. The summed E-state index contributed by atoms with van der Waals surface area (Å²) in [5.41, 5.74) is 12.7. The van der Waals surface area contributed by atoms with Gasteiger partial charge in [-0.3, -0.25) is 0 Å². The van der Waals surface area contributed by atoms with Crippen LogP contribution in [0.4, 0.5) is 0 Å². The van der Waals surface area contributed by atoms with Gasteiger partial charge in [0.15, 0.2) is 0 Å². The summed E-state index contributed by atoms with van der Waals surface area (Å²) in [6, 6.07) is 27.0. The molecular formula is C41H46Cl4Zr. The first-order chi connectivity index (χ1) is 21.0. The molecule has 0 saturated heterocycles. The van der Waals surface area contributed by atoms with E-state index in [-0.39, 0.29) is 24.8 Å². The number of hydrogen-bond donors (Lipinski definition) is 0. The van der Waals surface area contributed by atoms with Gasteiger partial charge in [-0.2, -0.15) is 0 Å². The minimum atomic E-state index is -4.52. The number of benzene rings is 4. The molecule has 0 aromatic heterocycles. The number of rotatable bonds is 9. The number of aryl methyl sites for hydroxylation is 2. The summed E-state index contributed by atoms with van der Waals surface area (Å²) in [6.45, 7) is 11.6. The second-order valence-corrected chi connectivity index (χ2v) is 29.1. The molecule has 1 unspecified atom stereocenters. The number of allylic oxidation sites excluding steroid dienone is 4. The predicted octanol–water partition coefficient (Wildman–Crippen LogP) is 11.9. The molecule has 46 heavy (non-hydrogen) atoms. The van der Waals surface area contributed by atoms with E-state index in [1.807, 2.05) is 0 Å². The van der Waals surface area contributed by atoms with Crippen LogP contribution in [0, 0.1) is 25.7 Å². The molecule has 0 amide bonds. The van der Waals surface area contributed by atoms with Crippen molar-refractivity contribution in [2.24, 2.45) is 11.8 Å². The first-order valence-electron chi connectivity index (χ1n) is 16.1. The van der Waals surface area contributed by atoms with Gasteiger partial charge < -0.3 is 0 Å². The molecule has 2 aliphatic carbocycles. The van der Waals surface area contributed by atoms with Gasteiger partial charge in [0.05, 0.1) is 0 Å². The monoisotopic (exact) mass is 768 g/mol. The van der Waals surface area contributed by atoms with Gasteiger partial charge >= 0.3 is 277 Å². The van der Waals surface area contributed by atoms with E-state index in [0.29, 0.717) is 11.8 Å². The number of halogens is 4. The van der Waals surface area contributed by atoms with Crippen LogP contribution in [0.5, 0.6) is 0 Å². The molecule has 4 aromatic carbocycles. The summed E-state index contributed by atoms with van der Waals surface area (Å²) < 4.78 is 10.9. The van der Waals surface area contributed by atoms with Gasteiger partial charge in [-0.1, -0.05) is 0 Å². The first-order valence-corrected chi connectivity index (χ1v) is 24.5. The van der Waals surface area contributed by atoms with Crippen LogP contribution in [0.1, 0.15) is 66.1 Å². The minimum absolute atomic E-state index is 0. The molecule has 242 valence electrons. The third kappa shape index (κ3) is 6.88. The van der Waals surface area contributed by atoms with E-state index >= 15 is 0 Å². The zero-order valence-electron chi connectivity index (χ0n) is 27.6. The predicted molar refractivity (Wildman–Crippen MR) is 205 cm³/mol. The molecular weight excluding hydrogens is 725 g/mol. The molecule has 6 rings (SSSR count). The Balaban J connectivity index is 0.00000240. The topological polar surface area (TPSA) is 0 Å². The van der Waals surface area contributed by atoms with E-state index < -0.39 is 18.3 Å². The fraction of sp³-hybridized carbons (Fsp3) is 0.293. The van der Waals surface area contributed by atoms with Crippen LogP contribution in [-0.4, -0.2) is 4.21 Å². The average molecular weight is 772 g/mol. The second kappa shape index (κ2) is 14.4. The van der Waals surface area contributed by atoms with E-state index in [1.54, 1.807) is 6.55 Å². The molecule has 0 bridgehead atoms. The van der Waals surface area contributed by atoms with Crippen molar-refractivity contribution in [3.05, 3.63) is 143 Å². The number of hydrogen-bond acceptors (Lipinski definition) is 0. The Labute approximate surface area is 299 Å². The van der Waals surface area contributed by atoms with Crippen molar-refractivity contribution in [2.45, 2.75) is 62.1 Å². The van der Waals surface area contributed by atoms with Crippen LogP contribution < -0.4 is 3.27 Å². The molecule has 2 aliphatic rings. The molecule has 1 atom stereocenters. The first kappa shape index (κ1) is 37.1. The standard InChI is InChI=1S/C21H25.2C7H6Cl.C5H5.CH2.2ClH.Zr/c1-13(2)14(3)8-17-6-7-20-19(11-17)12-18-9-15(4)16(5)10-21(18)20;2*1-6-2-4-7(8)5-3-6;1-2-4-5-3-1;;;;/h6-7,9-10,13-14H,8,12H2,1-5H3;2*2-5H,1H2;1-3H,4H2;1H2;2*1H;. The molecule has 0 saturated carbocycles. The van der Waals surface area contributed by atoms with Crippen LogP contribution in [0.25, 0.3) is 11.1 Å². The van der Waals surface area contributed by atoms with E-state index in [1.165, 1.54) is 50.1 Å². The van der Waals surface area contributed by atoms with Crippen LogP contribution in [0.15, 0.2) is 94.3 Å². The normalized spacial score (nSPS) is 14.3. The van der Waals surface area contributed by atoms with Gasteiger partial charge in [0.2, 0.25) is 0 Å². The van der Waals surface area contributed by atoms with Crippen LogP contribution in [0.3, 0.4) is 0 Å². The summed E-state index contributed by atoms with van der Waals surface area (Å²) in [5, 5.41) is 1.56.